The maximum atomic E-state index is 13.3. The molecule has 1 saturated heterocycles. The second-order valence-corrected chi connectivity index (χ2v) is 10.2. The van der Waals surface area contributed by atoms with Crippen molar-refractivity contribution in [1.29, 1.82) is 0 Å². The van der Waals surface area contributed by atoms with E-state index >= 15 is 0 Å². The van der Waals surface area contributed by atoms with Gasteiger partial charge in [0.2, 0.25) is 10.0 Å². The van der Waals surface area contributed by atoms with Gasteiger partial charge in [0.15, 0.2) is 0 Å². The first-order chi connectivity index (χ1) is 15.1. The molecule has 5 nitrogen and oxygen atoms in total. The molecule has 1 aliphatic rings. The third-order valence-electron chi connectivity index (χ3n) is 4.98. The van der Waals surface area contributed by atoms with E-state index in [1.807, 2.05) is 61.5 Å². The Morgan fingerprint density at radius 3 is 2.45 bits per heavy atom. The number of hydrogen-bond acceptors (Lipinski definition) is 5. The fourth-order valence-corrected chi connectivity index (χ4v) is 6.70. The Kier molecular flexibility index (Phi) is 6.85. The van der Waals surface area contributed by atoms with E-state index in [0.717, 1.165) is 22.6 Å². The number of sulfonamides is 1. The number of hydrogen-bond donors (Lipinski definition) is 0. The van der Waals surface area contributed by atoms with Crippen LogP contribution in [0, 0.1) is 0 Å². The van der Waals surface area contributed by atoms with Crippen LogP contribution in [0.3, 0.4) is 0 Å². The molecule has 0 radical (unpaired) electrons. The number of nitrogens with zero attached hydrogens (tertiary/aromatic N) is 1. The average Bonchev–Trinajstić information content (AvgIpc) is 3.30. The summed E-state index contributed by atoms with van der Waals surface area (Å²) in [5.74, 6) is 2.14. The molecule has 1 heterocycles. The zero-order chi connectivity index (χ0) is 21.7. The maximum Gasteiger partial charge on any atom is 0.244 e. The molecule has 0 aromatic heterocycles. The largest absolute Gasteiger partial charge is 0.494 e. The zero-order valence-electron chi connectivity index (χ0n) is 17.3. The van der Waals surface area contributed by atoms with Crippen molar-refractivity contribution in [1.82, 2.24) is 4.31 Å². The molecule has 4 rings (SSSR count). The Hall–Kier alpha value is -2.48. The highest BCUT2D eigenvalue weighted by Crippen LogP contribution is 2.42. The molecular formula is C24H25NO4S2. The van der Waals surface area contributed by atoms with Crippen molar-refractivity contribution >= 4 is 21.8 Å². The lowest BCUT2D eigenvalue weighted by molar-refractivity contribution is 0.305. The maximum absolute atomic E-state index is 13.3. The van der Waals surface area contributed by atoms with Gasteiger partial charge in [-0.25, -0.2) is 8.42 Å². The topological polar surface area (TPSA) is 55.8 Å². The van der Waals surface area contributed by atoms with Gasteiger partial charge in [0.1, 0.15) is 18.1 Å². The predicted molar refractivity (Wildman–Crippen MR) is 124 cm³/mol. The van der Waals surface area contributed by atoms with Crippen LogP contribution in [0.5, 0.6) is 11.5 Å². The lowest BCUT2D eigenvalue weighted by Crippen LogP contribution is -2.30. The Bertz CT molecular complexity index is 1100. The van der Waals surface area contributed by atoms with Crippen molar-refractivity contribution in [3.05, 3.63) is 90.0 Å². The van der Waals surface area contributed by atoms with Crippen LogP contribution in [0.1, 0.15) is 23.4 Å². The highest BCUT2D eigenvalue weighted by Gasteiger charge is 2.37. The van der Waals surface area contributed by atoms with Gasteiger partial charge in [-0.15, -0.1) is 11.8 Å². The van der Waals surface area contributed by atoms with Crippen LogP contribution in [0.15, 0.2) is 83.8 Å². The summed E-state index contributed by atoms with van der Waals surface area (Å²) in [6.07, 6.45) is 0. The Labute approximate surface area is 188 Å². The molecule has 0 saturated carbocycles. The summed E-state index contributed by atoms with van der Waals surface area (Å²) in [6.45, 7) is 3.38. The molecule has 0 bridgehead atoms. The number of thioether (sulfide) groups is 1. The standard InChI is InChI=1S/C24H25NO4S2/c1-2-28-21-11-13-23(14-12-21)31(26,27)25-15-16-30-24(25)20-9-6-10-22(17-20)29-18-19-7-4-3-5-8-19/h3-14,17,24H,2,15-16,18H2,1H3. The molecule has 1 aliphatic heterocycles. The second-order valence-electron chi connectivity index (χ2n) is 7.09. The molecule has 1 fully saturated rings. The first-order valence-corrected chi connectivity index (χ1v) is 12.7. The number of rotatable bonds is 8. The number of ether oxygens (including phenoxy) is 2. The van der Waals surface area contributed by atoms with E-state index in [2.05, 4.69) is 0 Å². The minimum Gasteiger partial charge on any atom is -0.494 e. The summed E-state index contributed by atoms with van der Waals surface area (Å²) >= 11 is 1.63. The van der Waals surface area contributed by atoms with E-state index in [1.54, 1.807) is 40.3 Å². The summed E-state index contributed by atoms with van der Waals surface area (Å²) in [4.78, 5) is 0.278. The first kappa shape index (κ1) is 21.7. The third-order valence-corrected chi connectivity index (χ3v) is 8.25. The SMILES string of the molecule is CCOc1ccc(S(=O)(=O)N2CCSC2c2cccc(OCc3ccccc3)c2)cc1. The van der Waals surface area contributed by atoms with Crippen molar-refractivity contribution < 1.29 is 17.9 Å². The van der Waals surface area contributed by atoms with E-state index < -0.39 is 10.0 Å². The predicted octanol–water partition coefficient (Wildman–Crippen LogP) is 5.10. The van der Waals surface area contributed by atoms with Gasteiger partial charge in [-0.05, 0) is 54.4 Å². The normalized spacial score (nSPS) is 16.9. The Morgan fingerprint density at radius 2 is 1.71 bits per heavy atom. The molecule has 1 atom stereocenters. The molecule has 0 spiro atoms. The summed E-state index contributed by atoms with van der Waals surface area (Å²) in [5, 5.41) is -0.281. The van der Waals surface area contributed by atoms with Crippen LogP contribution in [-0.2, 0) is 16.6 Å². The summed E-state index contributed by atoms with van der Waals surface area (Å²) < 4.78 is 39.6. The van der Waals surface area contributed by atoms with E-state index in [1.165, 1.54) is 0 Å². The van der Waals surface area contributed by atoms with Crippen molar-refractivity contribution in [3.63, 3.8) is 0 Å². The fourth-order valence-electron chi connectivity index (χ4n) is 3.47. The van der Waals surface area contributed by atoms with Crippen molar-refractivity contribution in [2.24, 2.45) is 0 Å². The monoisotopic (exact) mass is 455 g/mol. The summed E-state index contributed by atoms with van der Waals surface area (Å²) in [6, 6.07) is 24.3. The van der Waals surface area contributed by atoms with Crippen LogP contribution >= 0.6 is 11.8 Å². The molecule has 1 unspecified atom stereocenters. The Balaban J connectivity index is 1.52. The highest BCUT2D eigenvalue weighted by atomic mass is 32.2. The van der Waals surface area contributed by atoms with Gasteiger partial charge in [-0.2, -0.15) is 4.31 Å². The fraction of sp³-hybridized carbons (Fsp3) is 0.250. The second kappa shape index (κ2) is 9.77. The molecule has 0 amide bonds. The van der Waals surface area contributed by atoms with Gasteiger partial charge in [-0.3, -0.25) is 0 Å². The third kappa shape index (κ3) is 5.06. The molecule has 0 aliphatic carbocycles. The smallest absolute Gasteiger partial charge is 0.244 e. The minimum absolute atomic E-state index is 0.278. The van der Waals surface area contributed by atoms with Gasteiger partial charge in [0.25, 0.3) is 0 Å². The van der Waals surface area contributed by atoms with Crippen LogP contribution in [0.2, 0.25) is 0 Å². The highest BCUT2D eigenvalue weighted by molar-refractivity contribution is 8.01. The average molecular weight is 456 g/mol. The zero-order valence-corrected chi connectivity index (χ0v) is 18.9. The van der Waals surface area contributed by atoms with Crippen LogP contribution in [0.4, 0.5) is 0 Å². The summed E-state index contributed by atoms with van der Waals surface area (Å²) in [7, 11) is -3.62. The van der Waals surface area contributed by atoms with Gasteiger partial charge in [0, 0.05) is 12.3 Å². The molecule has 3 aromatic rings. The molecule has 0 N–H and O–H groups in total. The van der Waals surface area contributed by atoms with Gasteiger partial charge < -0.3 is 9.47 Å². The lowest BCUT2D eigenvalue weighted by atomic mass is 10.2. The summed E-state index contributed by atoms with van der Waals surface area (Å²) in [5.41, 5.74) is 2.01. The molecule has 7 heteroatoms. The van der Waals surface area contributed by atoms with Crippen molar-refractivity contribution in [2.75, 3.05) is 18.9 Å². The van der Waals surface area contributed by atoms with E-state index in [-0.39, 0.29) is 10.3 Å². The Morgan fingerprint density at radius 1 is 0.935 bits per heavy atom. The lowest BCUT2D eigenvalue weighted by Gasteiger charge is -2.24. The molecule has 3 aromatic carbocycles. The van der Waals surface area contributed by atoms with E-state index in [4.69, 9.17) is 9.47 Å². The molecule has 31 heavy (non-hydrogen) atoms. The minimum atomic E-state index is -3.62. The van der Waals surface area contributed by atoms with Gasteiger partial charge >= 0.3 is 0 Å². The molecular weight excluding hydrogens is 430 g/mol. The van der Waals surface area contributed by atoms with Gasteiger partial charge in [0.05, 0.1) is 16.9 Å². The first-order valence-electron chi connectivity index (χ1n) is 10.2. The van der Waals surface area contributed by atoms with E-state index in [9.17, 15) is 8.42 Å². The van der Waals surface area contributed by atoms with Gasteiger partial charge in [-0.1, -0.05) is 42.5 Å². The van der Waals surface area contributed by atoms with Crippen molar-refractivity contribution in [2.45, 2.75) is 23.8 Å². The number of benzene rings is 3. The molecule has 162 valence electrons. The van der Waals surface area contributed by atoms with Crippen molar-refractivity contribution in [3.8, 4) is 11.5 Å². The van der Waals surface area contributed by atoms with Crippen LogP contribution < -0.4 is 9.47 Å². The van der Waals surface area contributed by atoms with Crippen LogP contribution in [0.25, 0.3) is 0 Å². The van der Waals surface area contributed by atoms with E-state index in [0.29, 0.717) is 25.5 Å². The van der Waals surface area contributed by atoms with Crippen LogP contribution in [-0.4, -0.2) is 31.6 Å². The quantitative estimate of drug-likeness (QED) is 0.473.